The molecule has 0 amide bonds. The summed E-state index contributed by atoms with van der Waals surface area (Å²) in [6.07, 6.45) is 11.4. The summed E-state index contributed by atoms with van der Waals surface area (Å²) in [6.45, 7) is 22.3. The fraction of sp³-hybridized carbons (Fsp3) is 0.480. The second-order valence-corrected chi connectivity index (χ2v) is 17.7. The number of rotatable bonds is 12. The lowest BCUT2D eigenvalue weighted by atomic mass is 9.68. The van der Waals surface area contributed by atoms with Crippen molar-refractivity contribution < 1.29 is 10.2 Å². The summed E-state index contributed by atoms with van der Waals surface area (Å²) < 4.78 is 0. The maximum Gasteiger partial charge on any atom is 0.128 e. The average molecular weight is 727 g/mol. The normalized spacial score (nSPS) is 17.4. The Labute approximate surface area is 326 Å². The number of aliphatic imine (C=N–C) groups is 2. The molecule has 5 rings (SSSR count). The standard InChI is InChI=1S/C50H66N2O2/c1-11-49(12-2,37-23-17-15-18-24-37)41-31-39(47(5,6)7)29-35(45(41)53)33-51-43-27-21-22-28-44(43)52-34-36-30-40(48(8,9)10)32-42(46(36)54)50(13-3,14-4)38-25-19-16-20-26-38/h15-20,23-26,29-34,43-44,53-54H,11-14,21-22,27-28H2,1-10H3/t43-,44-/m1/s1. The highest BCUT2D eigenvalue weighted by atomic mass is 16.3. The van der Waals surface area contributed by atoms with Crippen LogP contribution in [0.5, 0.6) is 11.5 Å². The zero-order valence-corrected chi connectivity index (χ0v) is 34.8. The molecule has 1 fully saturated rings. The van der Waals surface area contributed by atoms with Gasteiger partial charge in [-0.05, 0) is 83.7 Å². The van der Waals surface area contributed by atoms with Gasteiger partial charge in [0.15, 0.2) is 0 Å². The first-order valence-corrected chi connectivity index (χ1v) is 20.6. The minimum absolute atomic E-state index is 0.0190. The fourth-order valence-electron chi connectivity index (χ4n) is 8.80. The molecule has 2 N–H and O–H groups in total. The van der Waals surface area contributed by atoms with Gasteiger partial charge in [-0.3, -0.25) is 9.98 Å². The van der Waals surface area contributed by atoms with Gasteiger partial charge >= 0.3 is 0 Å². The molecule has 54 heavy (non-hydrogen) atoms. The molecule has 4 aromatic carbocycles. The lowest BCUT2D eigenvalue weighted by Gasteiger charge is -2.35. The van der Waals surface area contributed by atoms with Crippen molar-refractivity contribution in [2.24, 2.45) is 9.98 Å². The third-order valence-corrected chi connectivity index (χ3v) is 12.6. The van der Waals surface area contributed by atoms with Crippen molar-refractivity contribution in [3.8, 4) is 11.5 Å². The van der Waals surface area contributed by atoms with Crippen LogP contribution in [0.2, 0.25) is 0 Å². The van der Waals surface area contributed by atoms with Crippen molar-refractivity contribution in [3.63, 3.8) is 0 Å². The van der Waals surface area contributed by atoms with Crippen LogP contribution in [0.3, 0.4) is 0 Å². The van der Waals surface area contributed by atoms with Crippen molar-refractivity contribution >= 4 is 12.4 Å². The van der Waals surface area contributed by atoms with Gasteiger partial charge in [0.1, 0.15) is 11.5 Å². The molecular weight excluding hydrogens is 661 g/mol. The topological polar surface area (TPSA) is 65.2 Å². The highest BCUT2D eigenvalue weighted by Crippen LogP contribution is 2.47. The second-order valence-electron chi connectivity index (χ2n) is 17.7. The van der Waals surface area contributed by atoms with E-state index in [2.05, 4.69) is 154 Å². The SMILES string of the molecule is CCC(CC)(c1ccccc1)c1cc(C(C)(C)C)cc(C=N[C@@H]2CCCC[C@H]2N=Cc2cc(C(C)(C)C)cc(C(CC)(CC)c3ccccc3)c2O)c1O. The van der Waals surface area contributed by atoms with E-state index in [9.17, 15) is 10.2 Å². The molecule has 2 atom stereocenters. The van der Waals surface area contributed by atoms with Crippen LogP contribution in [0.1, 0.15) is 165 Å². The van der Waals surface area contributed by atoms with Crippen molar-refractivity contribution in [2.75, 3.05) is 0 Å². The second kappa shape index (κ2) is 16.7. The Morgan fingerprint density at radius 1 is 0.519 bits per heavy atom. The smallest absolute Gasteiger partial charge is 0.128 e. The summed E-state index contributed by atoms with van der Waals surface area (Å²) in [4.78, 5) is 10.4. The zero-order valence-electron chi connectivity index (χ0n) is 34.8. The molecule has 0 bridgehead atoms. The minimum atomic E-state index is -0.317. The van der Waals surface area contributed by atoms with Crippen LogP contribution in [-0.4, -0.2) is 34.7 Å². The summed E-state index contributed by atoms with van der Waals surface area (Å²) >= 11 is 0. The number of nitrogens with zero attached hydrogens (tertiary/aromatic N) is 2. The Kier molecular flexibility index (Phi) is 12.7. The monoisotopic (exact) mass is 727 g/mol. The number of aromatic hydroxyl groups is 2. The van der Waals surface area contributed by atoms with Gasteiger partial charge in [-0.1, -0.05) is 155 Å². The quantitative estimate of drug-likeness (QED) is 0.143. The van der Waals surface area contributed by atoms with E-state index in [1.54, 1.807) is 0 Å². The summed E-state index contributed by atoms with van der Waals surface area (Å²) in [5.74, 6) is 0.640. The van der Waals surface area contributed by atoms with Gasteiger partial charge in [0.05, 0.1) is 12.1 Å². The van der Waals surface area contributed by atoms with Crippen LogP contribution in [0.25, 0.3) is 0 Å². The number of phenolic OH excluding ortho intramolecular Hbond substituents is 2. The van der Waals surface area contributed by atoms with E-state index in [1.165, 1.54) is 22.3 Å². The molecule has 1 saturated carbocycles. The third kappa shape index (κ3) is 8.24. The molecule has 0 unspecified atom stereocenters. The molecule has 1 aliphatic rings. The predicted octanol–water partition coefficient (Wildman–Crippen LogP) is 12.8. The van der Waals surface area contributed by atoms with Crippen LogP contribution < -0.4 is 0 Å². The molecule has 0 saturated heterocycles. The third-order valence-electron chi connectivity index (χ3n) is 12.6. The van der Waals surface area contributed by atoms with Crippen LogP contribution >= 0.6 is 0 Å². The molecule has 288 valence electrons. The molecule has 4 heteroatoms. The van der Waals surface area contributed by atoms with E-state index in [0.717, 1.165) is 73.6 Å². The molecule has 0 radical (unpaired) electrons. The molecule has 4 aromatic rings. The van der Waals surface area contributed by atoms with Crippen molar-refractivity contribution in [3.05, 3.63) is 129 Å². The van der Waals surface area contributed by atoms with Gasteiger partial charge in [0.2, 0.25) is 0 Å². The maximum atomic E-state index is 12.1. The number of benzene rings is 4. The Balaban J connectivity index is 1.56. The van der Waals surface area contributed by atoms with Gasteiger partial charge in [-0.15, -0.1) is 0 Å². The fourth-order valence-corrected chi connectivity index (χ4v) is 8.80. The van der Waals surface area contributed by atoms with E-state index >= 15 is 0 Å². The predicted molar refractivity (Wildman–Crippen MR) is 230 cm³/mol. The van der Waals surface area contributed by atoms with Crippen molar-refractivity contribution in [1.29, 1.82) is 0 Å². The lowest BCUT2D eigenvalue weighted by molar-refractivity contribution is 0.389. The number of hydrogen-bond donors (Lipinski definition) is 2. The highest BCUT2D eigenvalue weighted by molar-refractivity contribution is 5.86. The molecule has 1 aliphatic carbocycles. The van der Waals surface area contributed by atoms with Crippen LogP contribution in [-0.2, 0) is 21.7 Å². The number of hydrogen-bond acceptors (Lipinski definition) is 4. The van der Waals surface area contributed by atoms with Gasteiger partial charge in [-0.2, -0.15) is 0 Å². The molecule has 0 heterocycles. The Bertz CT molecular complexity index is 1760. The Morgan fingerprint density at radius 3 is 1.15 bits per heavy atom. The summed E-state index contributed by atoms with van der Waals surface area (Å²) in [5, 5.41) is 24.1. The molecule has 4 nitrogen and oxygen atoms in total. The molecule has 0 aliphatic heterocycles. The maximum absolute atomic E-state index is 12.1. The van der Waals surface area contributed by atoms with E-state index < -0.39 is 0 Å². The van der Waals surface area contributed by atoms with Gasteiger partial charge in [0, 0.05) is 45.5 Å². The van der Waals surface area contributed by atoms with E-state index in [-0.39, 0.29) is 33.7 Å². The van der Waals surface area contributed by atoms with Crippen molar-refractivity contribution in [1.82, 2.24) is 0 Å². The van der Waals surface area contributed by atoms with Gasteiger partial charge < -0.3 is 10.2 Å². The van der Waals surface area contributed by atoms with Crippen molar-refractivity contribution in [2.45, 2.75) is 154 Å². The van der Waals surface area contributed by atoms with E-state index in [0.29, 0.717) is 11.5 Å². The Hall–Kier alpha value is -4.18. The first-order chi connectivity index (χ1) is 25.6. The van der Waals surface area contributed by atoms with E-state index in [1.807, 2.05) is 12.4 Å². The van der Waals surface area contributed by atoms with Gasteiger partial charge in [-0.25, -0.2) is 0 Å². The Morgan fingerprint density at radius 2 is 0.852 bits per heavy atom. The lowest BCUT2D eigenvalue weighted by Crippen LogP contribution is -2.28. The molecular formula is C50H66N2O2. The van der Waals surface area contributed by atoms with Gasteiger partial charge in [0.25, 0.3) is 0 Å². The highest BCUT2D eigenvalue weighted by Gasteiger charge is 2.37. The summed E-state index contributed by atoms with van der Waals surface area (Å²) in [5.41, 5.74) is 7.46. The summed E-state index contributed by atoms with van der Waals surface area (Å²) in [7, 11) is 0. The first kappa shape index (κ1) is 41.0. The number of phenols is 2. The first-order valence-electron chi connectivity index (χ1n) is 20.6. The van der Waals surface area contributed by atoms with Crippen LogP contribution in [0.4, 0.5) is 0 Å². The zero-order chi connectivity index (χ0) is 39.3. The van der Waals surface area contributed by atoms with E-state index in [4.69, 9.17) is 9.98 Å². The minimum Gasteiger partial charge on any atom is -0.507 e. The largest absolute Gasteiger partial charge is 0.507 e. The summed E-state index contributed by atoms with van der Waals surface area (Å²) in [6, 6.07) is 30.0. The molecule has 0 aromatic heterocycles. The molecule has 0 spiro atoms. The van der Waals surface area contributed by atoms with Crippen LogP contribution in [0, 0.1) is 0 Å². The van der Waals surface area contributed by atoms with Crippen LogP contribution in [0.15, 0.2) is 94.9 Å². The average Bonchev–Trinajstić information content (AvgIpc) is 3.16.